The van der Waals surface area contributed by atoms with Crippen LogP contribution in [0.4, 0.5) is 0 Å². The van der Waals surface area contributed by atoms with Crippen LogP contribution in [-0.4, -0.2) is 20.4 Å². The Bertz CT molecular complexity index is 602. The number of benzene rings is 1. The molecule has 0 aliphatic carbocycles. The highest BCUT2D eigenvalue weighted by molar-refractivity contribution is 7.89. The molecule has 1 unspecified atom stereocenters. The monoisotopic (exact) mass is 324 g/mol. The van der Waals surface area contributed by atoms with Gasteiger partial charge in [-0.05, 0) is 25.5 Å². The van der Waals surface area contributed by atoms with Gasteiger partial charge in [-0.3, -0.25) is 4.79 Å². The van der Waals surface area contributed by atoms with Crippen molar-refractivity contribution in [2.24, 2.45) is 5.14 Å². The minimum atomic E-state index is -4.01. The van der Waals surface area contributed by atoms with E-state index in [0.717, 1.165) is 12.5 Å². The van der Waals surface area contributed by atoms with E-state index in [4.69, 9.17) is 28.3 Å². The molecule has 0 aliphatic heterocycles. The molecule has 1 atom stereocenters. The summed E-state index contributed by atoms with van der Waals surface area (Å²) in [6.07, 6.45) is 0.735. The van der Waals surface area contributed by atoms with Gasteiger partial charge in [-0.25, -0.2) is 13.6 Å². The largest absolute Gasteiger partial charge is 0.350 e. The molecule has 8 heteroatoms. The van der Waals surface area contributed by atoms with Crippen molar-refractivity contribution in [1.29, 1.82) is 0 Å². The molecule has 0 aromatic heterocycles. The molecule has 0 radical (unpaired) electrons. The summed E-state index contributed by atoms with van der Waals surface area (Å²) in [6.45, 7) is 3.73. The second-order valence-corrected chi connectivity index (χ2v) is 6.43. The minimum absolute atomic E-state index is 0.0235. The topological polar surface area (TPSA) is 89.3 Å². The van der Waals surface area contributed by atoms with E-state index in [1.807, 2.05) is 13.8 Å². The van der Waals surface area contributed by atoms with Crippen LogP contribution in [0.5, 0.6) is 0 Å². The summed E-state index contributed by atoms with van der Waals surface area (Å²) in [6, 6.07) is 2.21. The Morgan fingerprint density at radius 1 is 1.37 bits per heavy atom. The van der Waals surface area contributed by atoms with Crippen LogP contribution in [0.25, 0.3) is 0 Å². The van der Waals surface area contributed by atoms with Crippen LogP contribution in [0.1, 0.15) is 30.6 Å². The average molecular weight is 325 g/mol. The molecule has 3 N–H and O–H groups in total. The molecule has 0 bridgehead atoms. The summed E-state index contributed by atoms with van der Waals surface area (Å²) >= 11 is 11.6. The van der Waals surface area contributed by atoms with E-state index in [-0.39, 0.29) is 26.5 Å². The summed E-state index contributed by atoms with van der Waals surface area (Å²) in [5, 5.41) is 7.65. The van der Waals surface area contributed by atoms with Crippen molar-refractivity contribution >= 4 is 39.1 Å². The minimum Gasteiger partial charge on any atom is -0.350 e. The molecule has 106 valence electrons. The van der Waals surface area contributed by atoms with Crippen LogP contribution >= 0.6 is 23.2 Å². The number of carbonyl (C=O) groups excluding carboxylic acids is 1. The second-order valence-electron chi connectivity index (χ2n) is 4.09. The zero-order valence-electron chi connectivity index (χ0n) is 10.4. The van der Waals surface area contributed by atoms with Gasteiger partial charge in [0, 0.05) is 6.04 Å². The Kier molecular flexibility index (Phi) is 5.20. The summed E-state index contributed by atoms with van der Waals surface area (Å²) in [4.78, 5) is 11.6. The van der Waals surface area contributed by atoms with Crippen molar-refractivity contribution in [2.75, 3.05) is 0 Å². The third-order valence-electron chi connectivity index (χ3n) is 2.56. The quantitative estimate of drug-likeness (QED) is 0.889. The van der Waals surface area contributed by atoms with Crippen LogP contribution in [0.2, 0.25) is 10.0 Å². The van der Waals surface area contributed by atoms with E-state index in [2.05, 4.69) is 5.32 Å². The first-order valence-corrected chi connectivity index (χ1v) is 7.79. The van der Waals surface area contributed by atoms with Crippen LogP contribution in [0.3, 0.4) is 0 Å². The molecule has 0 saturated carbocycles. The standard InChI is InChI=1S/C11H14Cl2N2O3S/c1-3-6(2)15-11(16)7-4-10(19(14,17)18)9(13)5-8(7)12/h4-6H,3H2,1-2H3,(H,15,16)(H2,14,17,18). The number of carbonyl (C=O) groups is 1. The number of halogens is 2. The molecule has 0 saturated heterocycles. The van der Waals surface area contributed by atoms with E-state index < -0.39 is 15.9 Å². The zero-order chi connectivity index (χ0) is 14.8. The number of sulfonamides is 1. The summed E-state index contributed by atoms with van der Waals surface area (Å²) in [7, 11) is -4.01. The van der Waals surface area contributed by atoms with E-state index in [1.165, 1.54) is 6.07 Å². The van der Waals surface area contributed by atoms with Gasteiger partial charge in [-0.1, -0.05) is 30.1 Å². The maximum atomic E-state index is 12.0. The fraction of sp³-hybridized carbons (Fsp3) is 0.364. The SMILES string of the molecule is CCC(C)NC(=O)c1cc(S(N)(=O)=O)c(Cl)cc1Cl. The van der Waals surface area contributed by atoms with Crippen LogP contribution in [0, 0.1) is 0 Å². The normalized spacial score (nSPS) is 13.1. The van der Waals surface area contributed by atoms with Crippen LogP contribution < -0.4 is 10.5 Å². The van der Waals surface area contributed by atoms with Crippen molar-refractivity contribution < 1.29 is 13.2 Å². The molecule has 5 nitrogen and oxygen atoms in total. The lowest BCUT2D eigenvalue weighted by Gasteiger charge is -2.13. The zero-order valence-corrected chi connectivity index (χ0v) is 12.7. The first-order valence-electron chi connectivity index (χ1n) is 5.49. The van der Waals surface area contributed by atoms with Gasteiger partial charge >= 0.3 is 0 Å². The van der Waals surface area contributed by atoms with Gasteiger partial charge in [0.15, 0.2) is 0 Å². The highest BCUT2D eigenvalue weighted by Crippen LogP contribution is 2.28. The van der Waals surface area contributed by atoms with Crippen LogP contribution in [0.15, 0.2) is 17.0 Å². The molecule has 1 aromatic rings. The van der Waals surface area contributed by atoms with Gasteiger partial charge in [0.05, 0.1) is 15.6 Å². The third kappa shape index (κ3) is 4.07. The van der Waals surface area contributed by atoms with Gasteiger partial charge in [-0.2, -0.15) is 0 Å². The lowest BCUT2D eigenvalue weighted by molar-refractivity contribution is 0.0939. The Morgan fingerprint density at radius 2 is 1.95 bits per heavy atom. The van der Waals surface area contributed by atoms with Gasteiger partial charge in [0.2, 0.25) is 10.0 Å². The molecular weight excluding hydrogens is 311 g/mol. The number of hydrogen-bond acceptors (Lipinski definition) is 3. The lowest BCUT2D eigenvalue weighted by atomic mass is 10.2. The number of primary sulfonamides is 1. The molecule has 0 aliphatic rings. The summed E-state index contributed by atoms with van der Waals surface area (Å²) < 4.78 is 22.7. The summed E-state index contributed by atoms with van der Waals surface area (Å²) in [5.41, 5.74) is 0.0235. The van der Waals surface area contributed by atoms with Crippen LogP contribution in [-0.2, 0) is 10.0 Å². The fourth-order valence-electron chi connectivity index (χ4n) is 1.32. The van der Waals surface area contributed by atoms with Gasteiger partial charge in [0.1, 0.15) is 4.90 Å². The number of amides is 1. The molecule has 0 spiro atoms. The van der Waals surface area contributed by atoms with E-state index in [0.29, 0.717) is 0 Å². The highest BCUT2D eigenvalue weighted by atomic mass is 35.5. The Balaban J connectivity index is 3.26. The first-order chi connectivity index (χ1) is 8.66. The molecule has 0 fully saturated rings. The Labute approximate surface area is 122 Å². The van der Waals surface area contributed by atoms with Crippen molar-refractivity contribution in [3.05, 3.63) is 27.7 Å². The van der Waals surface area contributed by atoms with Gasteiger partial charge < -0.3 is 5.32 Å². The maximum absolute atomic E-state index is 12.0. The van der Waals surface area contributed by atoms with E-state index in [1.54, 1.807) is 0 Å². The smallest absolute Gasteiger partial charge is 0.253 e. The molecular formula is C11H14Cl2N2O3S. The predicted molar refractivity (Wildman–Crippen MR) is 75.1 cm³/mol. The van der Waals surface area contributed by atoms with Crippen molar-refractivity contribution in [1.82, 2.24) is 5.32 Å². The first kappa shape index (κ1) is 16.2. The highest BCUT2D eigenvalue weighted by Gasteiger charge is 2.20. The number of nitrogens with two attached hydrogens (primary N) is 1. The maximum Gasteiger partial charge on any atom is 0.253 e. The fourth-order valence-corrected chi connectivity index (χ4v) is 2.73. The van der Waals surface area contributed by atoms with Crippen molar-refractivity contribution in [3.8, 4) is 0 Å². The van der Waals surface area contributed by atoms with Crippen molar-refractivity contribution in [2.45, 2.75) is 31.2 Å². The van der Waals surface area contributed by atoms with E-state index in [9.17, 15) is 13.2 Å². The predicted octanol–water partition coefficient (Wildman–Crippen LogP) is 2.17. The number of nitrogens with one attached hydrogen (secondary N) is 1. The third-order valence-corrected chi connectivity index (χ3v) is 4.25. The Morgan fingerprint density at radius 3 is 2.42 bits per heavy atom. The number of rotatable bonds is 4. The molecule has 1 amide bonds. The average Bonchev–Trinajstić information content (AvgIpc) is 2.26. The van der Waals surface area contributed by atoms with Crippen molar-refractivity contribution in [3.63, 3.8) is 0 Å². The second kappa shape index (κ2) is 6.09. The molecule has 19 heavy (non-hydrogen) atoms. The molecule has 1 aromatic carbocycles. The Hall–Kier alpha value is -0.820. The molecule has 0 heterocycles. The summed E-state index contributed by atoms with van der Waals surface area (Å²) in [5.74, 6) is -0.471. The number of hydrogen-bond donors (Lipinski definition) is 2. The van der Waals surface area contributed by atoms with E-state index >= 15 is 0 Å². The lowest BCUT2D eigenvalue weighted by Crippen LogP contribution is -2.32. The van der Waals surface area contributed by atoms with Gasteiger partial charge in [0.25, 0.3) is 5.91 Å². The van der Waals surface area contributed by atoms with Gasteiger partial charge in [-0.15, -0.1) is 0 Å². The molecule has 1 rings (SSSR count).